The Balaban J connectivity index is 1.05. The minimum Gasteiger partial charge on any atom is -0.508 e. The molecule has 8 nitrogen and oxygen atoms in total. The van der Waals surface area contributed by atoms with E-state index in [0.29, 0.717) is 44.3 Å². The third-order valence-electron chi connectivity index (χ3n) is 10.9. The van der Waals surface area contributed by atoms with Gasteiger partial charge in [-0.3, -0.25) is 4.90 Å². The first-order valence-electron chi connectivity index (χ1n) is 15.9. The van der Waals surface area contributed by atoms with Crippen LogP contribution in [0.15, 0.2) is 42.5 Å². The molecule has 2 N–H and O–H groups in total. The lowest BCUT2D eigenvalue weighted by Crippen LogP contribution is -2.74. The van der Waals surface area contributed by atoms with Gasteiger partial charge in [-0.05, 0) is 81.3 Å². The summed E-state index contributed by atoms with van der Waals surface area (Å²) in [7, 11) is 0. The molecule has 5 saturated heterocycles. The number of alkyl halides is 4. The van der Waals surface area contributed by atoms with Crippen molar-refractivity contribution < 1.29 is 37.5 Å². The monoisotopic (exact) mass is 695 g/mol. The van der Waals surface area contributed by atoms with Gasteiger partial charge in [-0.1, -0.05) is 28.9 Å². The van der Waals surface area contributed by atoms with Crippen LogP contribution in [0.1, 0.15) is 57.6 Å². The van der Waals surface area contributed by atoms with Crippen LogP contribution in [0, 0.1) is 17.8 Å². The molecular formula is C33H41BrF3N3O5. The van der Waals surface area contributed by atoms with Crippen molar-refractivity contribution in [2.75, 3.05) is 36.4 Å². The molecule has 6 fully saturated rings. The summed E-state index contributed by atoms with van der Waals surface area (Å²) < 4.78 is 52.4. The topological polar surface area (TPSA) is 75.7 Å². The molecule has 45 heavy (non-hydrogen) atoms. The summed E-state index contributed by atoms with van der Waals surface area (Å²) in [4.78, 5) is 16.4. The molecule has 1 unspecified atom stereocenters. The molecule has 0 aromatic heterocycles. The number of hydrogen-bond donors (Lipinski definition) is 2. The molecule has 8 rings (SSSR count). The van der Waals surface area contributed by atoms with E-state index >= 15 is 0 Å². The average molecular weight is 697 g/mol. The fraction of sp³-hybridized carbons (Fsp3) is 0.636. The highest BCUT2D eigenvalue weighted by atomic mass is 79.9. The van der Waals surface area contributed by atoms with Gasteiger partial charge in [0, 0.05) is 62.0 Å². The third kappa shape index (κ3) is 5.53. The molecule has 6 aliphatic rings. The number of nitrogens with zero attached hydrogens (tertiary/aromatic N) is 2. The minimum atomic E-state index is -4.37. The van der Waals surface area contributed by atoms with Gasteiger partial charge < -0.3 is 24.8 Å². The van der Waals surface area contributed by atoms with Gasteiger partial charge >= 0.3 is 6.18 Å². The van der Waals surface area contributed by atoms with Crippen LogP contribution in [0.5, 0.6) is 5.75 Å². The van der Waals surface area contributed by atoms with E-state index in [-0.39, 0.29) is 17.6 Å². The Morgan fingerprint density at radius 3 is 2.56 bits per heavy atom. The van der Waals surface area contributed by atoms with E-state index in [9.17, 15) is 18.3 Å². The predicted octanol–water partition coefficient (Wildman–Crippen LogP) is 6.87. The van der Waals surface area contributed by atoms with Crippen LogP contribution < -0.4 is 10.2 Å². The number of ether oxygens (including phenoxy) is 2. The second-order valence-electron chi connectivity index (χ2n) is 13.8. The fourth-order valence-electron chi connectivity index (χ4n) is 8.29. The molecule has 0 radical (unpaired) electrons. The summed E-state index contributed by atoms with van der Waals surface area (Å²) in [5.41, 5.74) is 0.789. The minimum absolute atomic E-state index is 0.0646. The van der Waals surface area contributed by atoms with Crippen LogP contribution in [0.2, 0.25) is 0 Å². The van der Waals surface area contributed by atoms with Gasteiger partial charge in [0.1, 0.15) is 12.0 Å². The molecule has 2 aromatic rings. The van der Waals surface area contributed by atoms with Crippen molar-refractivity contribution in [3.63, 3.8) is 0 Å². The number of fused-ring (bicyclic) bond motifs is 2. The number of halogens is 4. The Labute approximate surface area is 270 Å². The Bertz CT molecular complexity index is 1420. The molecule has 1 spiro atoms. The lowest BCUT2D eigenvalue weighted by atomic mass is 9.58. The van der Waals surface area contributed by atoms with E-state index in [0.717, 1.165) is 43.0 Å². The van der Waals surface area contributed by atoms with Crippen LogP contribution in [-0.4, -0.2) is 64.4 Å². The van der Waals surface area contributed by atoms with Crippen molar-refractivity contribution in [2.24, 2.45) is 17.8 Å². The SMILES string of the molecule is C[C@@H]1CC[C@@H]2[C@]34OO[C@](C)(CC[C@@H]13)O[C@H]4OC(Nc1ccc(O)c(CN3CCN(c4cccc(C(F)(F)F)c4)CC3)c1)[C@@]2(C)Br. The first-order valence-corrected chi connectivity index (χ1v) is 16.7. The largest absolute Gasteiger partial charge is 0.508 e. The highest BCUT2D eigenvalue weighted by Gasteiger charge is 2.72. The van der Waals surface area contributed by atoms with E-state index in [4.69, 9.17) is 19.2 Å². The number of benzene rings is 2. The molecule has 2 aromatic carbocycles. The summed E-state index contributed by atoms with van der Waals surface area (Å²) >= 11 is 4.07. The Hall–Kier alpha value is -2.09. The van der Waals surface area contributed by atoms with E-state index in [1.54, 1.807) is 12.1 Å². The summed E-state index contributed by atoms with van der Waals surface area (Å²) in [6, 6.07) is 11.0. The quantitative estimate of drug-likeness (QED) is 0.200. The standard InChI is InChI=1S/C33H41BrF3N3O5/c1-20-7-10-27-31(3,34)28(42-29-32(27)25(20)11-12-30(2,43-29)44-45-32)38-23-8-9-26(41)21(17-23)19-39-13-15-40(16-14-39)24-6-4-5-22(18-24)33(35,36)37/h4-6,8-9,17-18,20,25,27-29,38,41H,7,10-16,19H2,1-3H3/t20-,25+,27+,28?,29-,30-,31+,32-/m1/s1. The van der Waals surface area contributed by atoms with Crippen molar-refractivity contribution in [2.45, 2.75) is 87.4 Å². The first kappa shape index (κ1) is 31.5. The Kier molecular flexibility index (Phi) is 7.89. The van der Waals surface area contributed by atoms with Crippen LogP contribution in [0.3, 0.4) is 0 Å². The lowest BCUT2D eigenvalue weighted by molar-refractivity contribution is -0.568. The number of piperazine rings is 1. The highest BCUT2D eigenvalue weighted by molar-refractivity contribution is 9.10. The number of phenols is 1. The molecule has 5 heterocycles. The number of nitrogens with one attached hydrogen (secondary N) is 1. The van der Waals surface area contributed by atoms with E-state index in [1.807, 2.05) is 24.0 Å². The summed E-state index contributed by atoms with van der Waals surface area (Å²) in [6.07, 6.45) is -1.70. The number of anilines is 2. The van der Waals surface area contributed by atoms with E-state index < -0.39 is 40.0 Å². The van der Waals surface area contributed by atoms with Gasteiger partial charge in [-0.15, -0.1) is 0 Å². The zero-order valence-electron chi connectivity index (χ0n) is 25.8. The van der Waals surface area contributed by atoms with Crippen molar-refractivity contribution in [3.8, 4) is 5.75 Å². The van der Waals surface area contributed by atoms with E-state index in [1.165, 1.54) is 12.1 Å². The maximum absolute atomic E-state index is 13.2. The maximum Gasteiger partial charge on any atom is 0.416 e. The van der Waals surface area contributed by atoms with Gasteiger partial charge in [-0.25, -0.2) is 9.78 Å². The normalized spacial score (nSPS) is 38.5. The molecular weight excluding hydrogens is 655 g/mol. The zero-order chi connectivity index (χ0) is 31.8. The number of phenolic OH excluding ortho intramolecular Hbond substituents is 1. The van der Waals surface area contributed by atoms with Crippen LogP contribution >= 0.6 is 15.9 Å². The zero-order valence-corrected chi connectivity index (χ0v) is 27.4. The summed E-state index contributed by atoms with van der Waals surface area (Å²) in [6.45, 7) is 9.34. The molecule has 12 heteroatoms. The molecule has 0 amide bonds. The maximum atomic E-state index is 13.2. The average Bonchev–Trinajstić information content (AvgIpc) is 3.23. The van der Waals surface area contributed by atoms with Crippen molar-refractivity contribution in [1.29, 1.82) is 0 Å². The van der Waals surface area contributed by atoms with Crippen LogP contribution in [-0.2, 0) is 32.0 Å². The number of hydrogen-bond acceptors (Lipinski definition) is 8. The Morgan fingerprint density at radius 2 is 1.80 bits per heavy atom. The first-order chi connectivity index (χ1) is 21.3. The van der Waals surface area contributed by atoms with Gasteiger partial charge in [0.2, 0.25) is 5.79 Å². The molecule has 1 aliphatic carbocycles. The fourth-order valence-corrected chi connectivity index (χ4v) is 9.10. The van der Waals surface area contributed by atoms with Gasteiger partial charge in [0.05, 0.1) is 9.89 Å². The number of aromatic hydroxyl groups is 1. The van der Waals surface area contributed by atoms with Crippen molar-refractivity contribution >= 4 is 27.3 Å². The smallest absolute Gasteiger partial charge is 0.416 e. The van der Waals surface area contributed by atoms with Gasteiger partial charge in [0.15, 0.2) is 11.9 Å². The molecule has 246 valence electrons. The predicted molar refractivity (Wildman–Crippen MR) is 166 cm³/mol. The van der Waals surface area contributed by atoms with E-state index in [2.05, 4.69) is 40.0 Å². The van der Waals surface area contributed by atoms with Crippen molar-refractivity contribution in [3.05, 3.63) is 53.6 Å². The lowest BCUT2D eigenvalue weighted by Gasteiger charge is -2.62. The Morgan fingerprint density at radius 1 is 1.02 bits per heavy atom. The van der Waals surface area contributed by atoms with Crippen LogP contribution in [0.4, 0.5) is 24.5 Å². The summed E-state index contributed by atoms with van der Waals surface area (Å²) in [5.74, 6) is 0.101. The van der Waals surface area contributed by atoms with Gasteiger partial charge in [-0.2, -0.15) is 13.2 Å². The third-order valence-corrected chi connectivity index (χ3v) is 11.8. The second-order valence-corrected chi connectivity index (χ2v) is 15.5. The van der Waals surface area contributed by atoms with Crippen molar-refractivity contribution in [1.82, 2.24) is 4.90 Å². The molecule has 2 bridgehead atoms. The van der Waals surface area contributed by atoms with Gasteiger partial charge in [0.25, 0.3) is 0 Å². The second kappa shape index (κ2) is 11.3. The van der Waals surface area contributed by atoms with Crippen LogP contribution in [0.25, 0.3) is 0 Å². The number of rotatable bonds is 5. The summed E-state index contributed by atoms with van der Waals surface area (Å²) in [5, 5.41) is 14.4. The molecule has 5 aliphatic heterocycles. The molecule has 8 atom stereocenters. The molecule has 1 saturated carbocycles. The highest BCUT2D eigenvalue weighted by Crippen LogP contribution is 2.63.